The van der Waals surface area contributed by atoms with Gasteiger partial charge in [-0.2, -0.15) is 14.6 Å². The van der Waals surface area contributed by atoms with Crippen LogP contribution in [0, 0.1) is 6.92 Å². The molecule has 0 atom stereocenters. The van der Waals surface area contributed by atoms with Gasteiger partial charge in [-0.1, -0.05) is 29.5 Å². The molecule has 0 fully saturated rings. The van der Waals surface area contributed by atoms with Gasteiger partial charge in [0.25, 0.3) is 17.0 Å². The number of aryl methyl sites for hydroxylation is 1. The molecule has 8 heteroatoms. The first kappa shape index (κ1) is 15.6. The summed E-state index contributed by atoms with van der Waals surface area (Å²) in [6, 6.07) is 7.33. The third kappa shape index (κ3) is 2.14. The van der Waals surface area contributed by atoms with E-state index in [0.717, 1.165) is 21.5 Å². The highest BCUT2D eigenvalue weighted by Crippen LogP contribution is 2.36. The van der Waals surface area contributed by atoms with Gasteiger partial charge in [-0.3, -0.25) is 14.4 Å². The molecule has 3 heterocycles. The molecule has 3 aromatic rings. The highest BCUT2D eigenvalue weighted by atomic mass is 32.1. The van der Waals surface area contributed by atoms with E-state index >= 15 is 0 Å². The minimum absolute atomic E-state index is 0.0463. The Bertz CT molecular complexity index is 1210. The van der Waals surface area contributed by atoms with Crippen LogP contribution in [0.5, 0.6) is 0 Å². The summed E-state index contributed by atoms with van der Waals surface area (Å²) in [7, 11) is 0. The maximum absolute atomic E-state index is 13.0. The van der Waals surface area contributed by atoms with Crippen molar-refractivity contribution in [3.05, 3.63) is 60.8 Å². The number of amides is 1. The summed E-state index contributed by atoms with van der Waals surface area (Å²) in [6.45, 7) is 5.35. The van der Waals surface area contributed by atoms with Crippen molar-refractivity contribution in [1.29, 1.82) is 0 Å². The van der Waals surface area contributed by atoms with Gasteiger partial charge in [0.15, 0.2) is 0 Å². The molecule has 1 aliphatic heterocycles. The number of benzene rings is 1. The Morgan fingerprint density at radius 3 is 2.56 bits per heavy atom. The van der Waals surface area contributed by atoms with Crippen LogP contribution >= 0.6 is 11.3 Å². The van der Waals surface area contributed by atoms with E-state index in [9.17, 15) is 14.4 Å². The molecule has 1 aromatic carbocycles. The lowest BCUT2D eigenvalue weighted by Gasteiger charge is -2.21. The minimum atomic E-state index is -0.472. The molecule has 0 saturated carbocycles. The number of fused-ring (bicyclic) bond motifs is 2. The van der Waals surface area contributed by atoms with E-state index in [0.29, 0.717) is 11.1 Å². The molecule has 0 saturated heterocycles. The third-order valence-electron chi connectivity index (χ3n) is 4.13. The van der Waals surface area contributed by atoms with Gasteiger partial charge in [0, 0.05) is 11.6 Å². The fourth-order valence-corrected chi connectivity index (χ4v) is 4.00. The standard InChI is InChI=1S/C17H14N4O3S/c1-8(2)20-11-7-5-4-6-10(11)12(15(20)23)13-16(24)21-17(25-13)18-14(22)9(3)19-21/h4-8H,1-3H3. The van der Waals surface area contributed by atoms with E-state index in [-0.39, 0.29) is 27.1 Å². The van der Waals surface area contributed by atoms with Crippen molar-refractivity contribution >= 4 is 33.5 Å². The fourth-order valence-electron chi connectivity index (χ4n) is 3.01. The molecule has 7 nitrogen and oxygen atoms in total. The Kier molecular flexibility index (Phi) is 3.33. The Hall–Kier alpha value is -2.87. The van der Waals surface area contributed by atoms with Gasteiger partial charge in [0.1, 0.15) is 10.2 Å². The zero-order valence-corrected chi connectivity index (χ0v) is 14.6. The van der Waals surface area contributed by atoms with Crippen LogP contribution in [0.4, 0.5) is 5.69 Å². The second-order valence-corrected chi connectivity index (χ2v) is 7.07. The first-order valence-corrected chi connectivity index (χ1v) is 8.59. The van der Waals surface area contributed by atoms with Crippen molar-refractivity contribution in [2.24, 2.45) is 0 Å². The SMILES string of the molecule is Cc1nn2c(=O)c(=C3C(=O)N(C(C)C)c4ccccc43)sc2nc1=O. The minimum Gasteiger partial charge on any atom is -0.305 e. The molecular formula is C17H14N4O3S. The number of carbonyl (C=O) groups is 1. The summed E-state index contributed by atoms with van der Waals surface area (Å²) in [6.07, 6.45) is 0. The molecule has 0 radical (unpaired) electrons. The normalized spacial score (nSPS) is 16.2. The molecule has 1 amide bonds. The van der Waals surface area contributed by atoms with Crippen LogP contribution in [0.15, 0.2) is 33.9 Å². The average molecular weight is 354 g/mol. The lowest BCUT2D eigenvalue weighted by atomic mass is 10.1. The van der Waals surface area contributed by atoms with Crippen LogP contribution < -0.4 is 20.6 Å². The highest BCUT2D eigenvalue weighted by Gasteiger charge is 2.35. The van der Waals surface area contributed by atoms with Gasteiger partial charge in [-0.15, -0.1) is 0 Å². The monoisotopic (exact) mass is 354 g/mol. The van der Waals surface area contributed by atoms with Crippen molar-refractivity contribution in [1.82, 2.24) is 14.6 Å². The van der Waals surface area contributed by atoms with E-state index in [2.05, 4.69) is 10.1 Å². The van der Waals surface area contributed by atoms with E-state index in [1.165, 1.54) is 6.92 Å². The summed E-state index contributed by atoms with van der Waals surface area (Å²) in [4.78, 5) is 43.3. The van der Waals surface area contributed by atoms with Crippen LogP contribution in [0.2, 0.25) is 0 Å². The predicted molar refractivity (Wildman–Crippen MR) is 94.9 cm³/mol. The Morgan fingerprint density at radius 1 is 1.12 bits per heavy atom. The molecule has 2 aromatic heterocycles. The van der Waals surface area contributed by atoms with Gasteiger partial charge >= 0.3 is 0 Å². The van der Waals surface area contributed by atoms with Gasteiger partial charge < -0.3 is 4.90 Å². The molecule has 126 valence electrons. The smallest absolute Gasteiger partial charge is 0.295 e. The van der Waals surface area contributed by atoms with E-state index in [1.54, 1.807) is 4.90 Å². The van der Waals surface area contributed by atoms with Crippen LogP contribution in [-0.2, 0) is 4.79 Å². The van der Waals surface area contributed by atoms with Crippen LogP contribution in [0.1, 0.15) is 25.1 Å². The van der Waals surface area contributed by atoms with Gasteiger partial charge in [-0.05, 0) is 26.8 Å². The lowest BCUT2D eigenvalue weighted by Crippen LogP contribution is -2.36. The quantitative estimate of drug-likeness (QED) is 0.635. The second-order valence-electron chi connectivity index (χ2n) is 6.09. The maximum atomic E-state index is 13.0. The van der Waals surface area contributed by atoms with Crippen LogP contribution in [0.3, 0.4) is 0 Å². The average Bonchev–Trinajstić information content (AvgIpc) is 3.02. The molecule has 0 N–H and O–H groups in total. The van der Waals surface area contributed by atoms with Crippen molar-refractivity contribution in [2.45, 2.75) is 26.8 Å². The largest absolute Gasteiger partial charge is 0.305 e. The van der Waals surface area contributed by atoms with Crippen LogP contribution in [0.25, 0.3) is 10.5 Å². The number of rotatable bonds is 1. The summed E-state index contributed by atoms with van der Waals surface area (Å²) in [5.41, 5.74) is 1.08. The number of hydrogen-bond acceptors (Lipinski definition) is 6. The number of para-hydroxylation sites is 1. The summed E-state index contributed by atoms with van der Waals surface area (Å²) >= 11 is 1.02. The highest BCUT2D eigenvalue weighted by molar-refractivity contribution is 7.15. The van der Waals surface area contributed by atoms with Gasteiger partial charge in [0.05, 0.1) is 11.3 Å². The molecule has 1 aliphatic rings. The Morgan fingerprint density at radius 2 is 1.84 bits per heavy atom. The first-order chi connectivity index (χ1) is 11.9. The van der Waals surface area contributed by atoms with Crippen molar-refractivity contribution in [3.63, 3.8) is 0 Å². The first-order valence-electron chi connectivity index (χ1n) is 7.78. The van der Waals surface area contributed by atoms with Crippen LogP contribution in [-0.4, -0.2) is 26.5 Å². The van der Waals surface area contributed by atoms with Crippen molar-refractivity contribution in [3.8, 4) is 0 Å². The Balaban J connectivity index is 2.15. The number of aromatic nitrogens is 3. The molecule has 0 bridgehead atoms. The molecule has 4 rings (SSSR count). The number of hydrogen-bond donors (Lipinski definition) is 0. The second kappa shape index (κ2) is 5.32. The number of carbonyl (C=O) groups excluding carboxylic acids is 1. The molecule has 0 aliphatic carbocycles. The zero-order valence-electron chi connectivity index (χ0n) is 13.8. The zero-order chi connectivity index (χ0) is 17.9. The van der Waals surface area contributed by atoms with Gasteiger partial charge in [-0.25, -0.2) is 0 Å². The number of anilines is 1. The lowest BCUT2D eigenvalue weighted by molar-refractivity contribution is -0.113. The molecule has 25 heavy (non-hydrogen) atoms. The number of nitrogens with zero attached hydrogens (tertiary/aromatic N) is 4. The Labute approximate surface area is 145 Å². The summed E-state index contributed by atoms with van der Waals surface area (Å²) in [5.74, 6) is -0.223. The van der Waals surface area contributed by atoms with Crippen molar-refractivity contribution in [2.75, 3.05) is 4.90 Å². The van der Waals surface area contributed by atoms with Crippen molar-refractivity contribution < 1.29 is 4.79 Å². The third-order valence-corrected chi connectivity index (χ3v) is 5.16. The summed E-state index contributed by atoms with van der Waals surface area (Å²) < 4.78 is 1.35. The summed E-state index contributed by atoms with van der Waals surface area (Å²) in [5, 5.41) is 4.00. The predicted octanol–water partition coefficient (Wildman–Crippen LogP) is 0.493. The maximum Gasteiger partial charge on any atom is 0.295 e. The van der Waals surface area contributed by atoms with E-state index in [1.807, 2.05) is 38.1 Å². The number of thiazole rings is 1. The molecule has 0 unspecified atom stereocenters. The fraction of sp³-hybridized carbons (Fsp3) is 0.235. The molecular weight excluding hydrogens is 340 g/mol. The van der Waals surface area contributed by atoms with E-state index in [4.69, 9.17) is 0 Å². The topological polar surface area (TPSA) is 84.6 Å². The molecule has 0 spiro atoms. The van der Waals surface area contributed by atoms with Gasteiger partial charge in [0.2, 0.25) is 4.96 Å². The van der Waals surface area contributed by atoms with E-state index < -0.39 is 11.1 Å².